The lowest BCUT2D eigenvalue weighted by atomic mass is 10.2. The fourth-order valence-electron chi connectivity index (χ4n) is 2.00. The molecule has 0 aliphatic heterocycles. The fraction of sp³-hybridized carbons (Fsp3) is 0.571. The lowest BCUT2D eigenvalue weighted by Gasteiger charge is -2.14. The van der Waals surface area contributed by atoms with E-state index in [1.54, 1.807) is 6.07 Å². The fourth-order valence-corrected chi connectivity index (χ4v) is 2.76. The van der Waals surface area contributed by atoms with Crippen LogP contribution in [0.4, 0.5) is 0 Å². The first kappa shape index (κ1) is 13.6. The number of rotatable bonds is 7. The number of hydrogen-bond acceptors (Lipinski definition) is 4. The minimum atomic E-state index is 0.265. The Balaban J connectivity index is 1.90. The van der Waals surface area contributed by atoms with Gasteiger partial charge < -0.3 is 15.2 Å². The highest BCUT2D eigenvalue weighted by molar-refractivity contribution is 8.00. The third kappa shape index (κ3) is 3.12. The second-order valence-corrected chi connectivity index (χ2v) is 5.96. The van der Waals surface area contributed by atoms with Gasteiger partial charge in [0, 0.05) is 23.4 Å². The molecule has 2 N–H and O–H groups in total. The summed E-state index contributed by atoms with van der Waals surface area (Å²) in [5, 5.41) is 13.5. The summed E-state index contributed by atoms with van der Waals surface area (Å²) >= 11 is 1.94. The van der Waals surface area contributed by atoms with Gasteiger partial charge in [-0.2, -0.15) is 11.8 Å². The van der Waals surface area contributed by atoms with Gasteiger partial charge in [0.2, 0.25) is 0 Å². The van der Waals surface area contributed by atoms with E-state index in [0.717, 1.165) is 12.1 Å². The standard InChI is InChI=1S/C14H21NO2S/c1-3-17-12-6-4-5-11(13(12)16)9-15-10-14(18-2)7-8-14/h4-6,15-16H,3,7-10H2,1-2H3. The molecule has 100 valence electrons. The molecule has 0 heterocycles. The number of phenolic OH excluding ortho intramolecular Hbond substituents is 1. The highest BCUT2D eigenvalue weighted by Gasteiger charge is 2.41. The summed E-state index contributed by atoms with van der Waals surface area (Å²) in [7, 11) is 0. The van der Waals surface area contributed by atoms with E-state index in [-0.39, 0.29) is 5.75 Å². The molecule has 0 bridgehead atoms. The van der Waals surface area contributed by atoms with Crippen molar-refractivity contribution in [2.45, 2.75) is 31.1 Å². The van der Waals surface area contributed by atoms with Crippen LogP contribution >= 0.6 is 11.8 Å². The molecule has 4 heteroatoms. The number of thioether (sulfide) groups is 1. The van der Waals surface area contributed by atoms with Gasteiger partial charge in [-0.3, -0.25) is 0 Å². The van der Waals surface area contributed by atoms with Crippen molar-refractivity contribution in [3.8, 4) is 11.5 Å². The van der Waals surface area contributed by atoms with Crippen molar-refractivity contribution in [2.24, 2.45) is 0 Å². The van der Waals surface area contributed by atoms with Crippen LogP contribution in [-0.2, 0) is 6.54 Å². The van der Waals surface area contributed by atoms with Gasteiger partial charge in [-0.25, -0.2) is 0 Å². The molecular weight excluding hydrogens is 246 g/mol. The Hall–Kier alpha value is -0.870. The van der Waals surface area contributed by atoms with E-state index in [2.05, 4.69) is 11.6 Å². The normalized spacial score (nSPS) is 16.6. The maximum atomic E-state index is 10.1. The zero-order valence-corrected chi connectivity index (χ0v) is 11.8. The van der Waals surface area contributed by atoms with E-state index >= 15 is 0 Å². The minimum absolute atomic E-state index is 0.265. The van der Waals surface area contributed by atoms with E-state index in [1.165, 1.54) is 12.8 Å². The smallest absolute Gasteiger partial charge is 0.162 e. The number of nitrogens with one attached hydrogen (secondary N) is 1. The predicted molar refractivity (Wildman–Crippen MR) is 76.5 cm³/mol. The van der Waals surface area contributed by atoms with Crippen molar-refractivity contribution in [3.63, 3.8) is 0 Å². The lowest BCUT2D eigenvalue weighted by Crippen LogP contribution is -2.25. The maximum Gasteiger partial charge on any atom is 0.162 e. The van der Waals surface area contributed by atoms with Gasteiger partial charge in [-0.15, -0.1) is 0 Å². The highest BCUT2D eigenvalue weighted by Crippen LogP contribution is 2.46. The number of para-hydroxylation sites is 1. The second-order valence-electron chi connectivity index (χ2n) is 4.69. The third-order valence-corrected chi connectivity index (χ3v) is 4.80. The molecule has 0 unspecified atom stereocenters. The molecule has 1 aromatic rings. The van der Waals surface area contributed by atoms with Crippen LogP contribution < -0.4 is 10.1 Å². The molecule has 1 aromatic carbocycles. The quantitative estimate of drug-likeness (QED) is 0.797. The van der Waals surface area contributed by atoms with Gasteiger partial charge in [0.1, 0.15) is 0 Å². The molecule has 0 atom stereocenters. The van der Waals surface area contributed by atoms with E-state index < -0.39 is 0 Å². The van der Waals surface area contributed by atoms with Crippen LogP contribution in [0.1, 0.15) is 25.3 Å². The van der Waals surface area contributed by atoms with Crippen LogP contribution in [0, 0.1) is 0 Å². The lowest BCUT2D eigenvalue weighted by molar-refractivity contribution is 0.316. The van der Waals surface area contributed by atoms with Gasteiger partial charge >= 0.3 is 0 Å². The summed E-state index contributed by atoms with van der Waals surface area (Å²) in [6.07, 6.45) is 4.76. The van der Waals surface area contributed by atoms with Crippen molar-refractivity contribution >= 4 is 11.8 Å². The molecule has 0 saturated heterocycles. The van der Waals surface area contributed by atoms with Crippen molar-refractivity contribution in [1.82, 2.24) is 5.32 Å². The van der Waals surface area contributed by atoms with Gasteiger partial charge in [-0.1, -0.05) is 12.1 Å². The summed E-state index contributed by atoms with van der Waals surface area (Å²) < 4.78 is 5.83. The molecule has 3 nitrogen and oxygen atoms in total. The molecule has 0 amide bonds. The average Bonchev–Trinajstić information content (AvgIpc) is 3.15. The van der Waals surface area contributed by atoms with Crippen LogP contribution in [-0.4, -0.2) is 29.3 Å². The SMILES string of the molecule is CCOc1cccc(CNCC2(SC)CC2)c1O. The van der Waals surface area contributed by atoms with Gasteiger partial charge in [0.25, 0.3) is 0 Å². The summed E-state index contributed by atoms with van der Waals surface area (Å²) in [5.41, 5.74) is 0.901. The number of ether oxygens (including phenoxy) is 1. The van der Waals surface area contributed by atoms with E-state index in [4.69, 9.17) is 4.74 Å². The summed E-state index contributed by atoms with van der Waals surface area (Å²) in [4.78, 5) is 0. The summed E-state index contributed by atoms with van der Waals surface area (Å²) in [6.45, 7) is 4.18. The monoisotopic (exact) mass is 267 g/mol. The van der Waals surface area contributed by atoms with Crippen LogP contribution in [0.15, 0.2) is 18.2 Å². The maximum absolute atomic E-state index is 10.1. The number of phenols is 1. The Morgan fingerprint density at radius 3 is 2.83 bits per heavy atom. The molecule has 1 fully saturated rings. The number of benzene rings is 1. The van der Waals surface area contributed by atoms with Gasteiger partial charge in [0.15, 0.2) is 11.5 Å². The summed E-state index contributed by atoms with van der Waals surface area (Å²) in [6, 6.07) is 5.65. The van der Waals surface area contributed by atoms with E-state index in [9.17, 15) is 5.11 Å². The molecule has 2 rings (SSSR count). The van der Waals surface area contributed by atoms with Crippen molar-refractivity contribution in [2.75, 3.05) is 19.4 Å². The zero-order valence-electron chi connectivity index (χ0n) is 11.0. The predicted octanol–water partition coefficient (Wildman–Crippen LogP) is 2.78. The second kappa shape index (κ2) is 5.85. The first-order valence-electron chi connectivity index (χ1n) is 6.40. The molecule has 1 aliphatic rings. The number of hydrogen-bond donors (Lipinski definition) is 2. The molecule has 0 aromatic heterocycles. The Morgan fingerprint density at radius 2 is 2.22 bits per heavy atom. The molecule has 0 spiro atoms. The van der Waals surface area contributed by atoms with Crippen molar-refractivity contribution < 1.29 is 9.84 Å². The van der Waals surface area contributed by atoms with Crippen molar-refractivity contribution in [1.29, 1.82) is 0 Å². The molecule has 1 aliphatic carbocycles. The van der Waals surface area contributed by atoms with Crippen molar-refractivity contribution in [3.05, 3.63) is 23.8 Å². The molecule has 1 saturated carbocycles. The molecule has 0 radical (unpaired) electrons. The molecule has 18 heavy (non-hydrogen) atoms. The van der Waals surface area contributed by atoms with E-state index in [1.807, 2.05) is 30.8 Å². The van der Waals surface area contributed by atoms with E-state index in [0.29, 0.717) is 23.6 Å². The Labute approximate surface area is 113 Å². The highest BCUT2D eigenvalue weighted by atomic mass is 32.2. The largest absolute Gasteiger partial charge is 0.504 e. The summed E-state index contributed by atoms with van der Waals surface area (Å²) in [5.74, 6) is 0.837. The Kier molecular flexibility index (Phi) is 4.40. The first-order chi connectivity index (χ1) is 8.71. The van der Waals surface area contributed by atoms with Crippen LogP contribution in [0.25, 0.3) is 0 Å². The van der Waals surface area contributed by atoms with Crippen LogP contribution in [0.2, 0.25) is 0 Å². The Bertz CT molecular complexity index is 405. The number of aromatic hydroxyl groups is 1. The average molecular weight is 267 g/mol. The zero-order chi connectivity index (χ0) is 13.0. The van der Waals surface area contributed by atoms with Gasteiger partial charge in [-0.05, 0) is 32.1 Å². The van der Waals surface area contributed by atoms with Crippen LogP contribution in [0.3, 0.4) is 0 Å². The Morgan fingerprint density at radius 1 is 1.44 bits per heavy atom. The molecular formula is C14H21NO2S. The topological polar surface area (TPSA) is 41.5 Å². The van der Waals surface area contributed by atoms with Crippen LogP contribution in [0.5, 0.6) is 11.5 Å². The third-order valence-electron chi connectivity index (χ3n) is 3.39. The minimum Gasteiger partial charge on any atom is -0.504 e. The first-order valence-corrected chi connectivity index (χ1v) is 7.63. The van der Waals surface area contributed by atoms with Gasteiger partial charge in [0.05, 0.1) is 6.61 Å².